The number of carboxylic acids is 2. The maximum Gasteiger partial charge on any atom is 0.323 e. The van der Waals surface area contributed by atoms with Crippen LogP contribution in [0.1, 0.15) is 32.1 Å². The molecule has 1 aliphatic carbocycles. The third-order valence-electron chi connectivity index (χ3n) is 5.99. The van der Waals surface area contributed by atoms with Crippen LogP contribution >= 0.6 is 23.4 Å². The van der Waals surface area contributed by atoms with Gasteiger partial charge in [-0.15, -0.1) is 0 Å². The van der Waals surface area contributed by atoms with Crippen molar-refractivity contribution in [2.24, 2.45) is 16.8 Å². The highest BCUT2D eigenvalue weighted by Crippen LogP contribution is 2.43. The number of carbonyl (C=O) groups is 5. The molecular formula is C21H19ClFN3O7S. The fourth-order valence-corrected chi connectivity index (χ4v) is 5.78. The first-order valence-corrected chi connectivity index (χ1v) is 11.7. The molecule has 180 valence electrons. The van der Waals surface area contributed by atoms with Crippen LogP contribution in [0.25, 0.3) is 0 Å². The molecule has 3 fully saturated rings. The lowest BCUT2D eigenvalue weighted by atomic mass is 9.81. The third kappa shape index (κ3) is 4.39. The zero-order valence-electron chi connectivity index (χ0n) is 17.6. The molecule has 0 radical (unpaired) electrons. The molecule has 3 amide bonds. The van der Waals surface area contributed by atoms with Crippen LogP contribution in [0.4, 0.5) is 15.8 Å². The Balaban J connectivity index is 1.72. The number of carbonyl (C=O) groups excluding carboxylic acids is 3. The van der Waals surface area contributed by atoms with E-state index in [1.54, 1.807) is 0 Å². The SMILES string of the molecule is O=C(O)CC1SC(=Nc2cc(N3C(=O)C4CCCCC4C3=O)c(F)cc2Cl)N(CC(=O)O)C1=O. The predicted octanol–water partition coefficient (Wildman–Crippen LogP) is 2.65. The number of amides is 3. The Kier molecular flexibility index (Phi) is 6.63. The lowest BCUT2D eigenvalue weighted by molar-refractivity contribution is -0.142. The number of halogens is 2. The van der Waals surface area contributed by atoms with E-state index in [4.69, 9.17) is 21.8 Å². The van der Waals surface area contributed by atoms with E-state index in [-0.39, 0.29) is 21.6 Å². The van der Waals surface area contributed by atoms with Crippen LogP contribution in [-0.2, 0) is 24.0 Å². The zero-order chi connectivity index (χ0) is 24.7. The van der Waals surface area contributed by atoms with Crippen LogP contribution in [0, 0.1) is 17.7 Å². The number of benzene rings is 1. The number of hydrogen-bond donors (Lipinski definition) is 2. The minimum atomic E-state index is -1.35. The summed E-state index contributed by atoms with van der Waals surface area (Å²) >= 11 is 6.88. The molecule has 1 saturated carbocycles. The van der Waals surface area contributed by atoms with Crippen molar-refractivity contribution in [1.82, 2.24) is 4.90 Å². The van der Waals surface area contributed by atoms with Gasteiger partial charge >= 0.3 is 11.9 Å². The molecule has 4 rings (SSSR count). The van der Waals surface area contributed by atoms with E-state index in [2.05, 4.69) is 4.99 Å². The van der Waals surface area contributed by atoms with Gasteiger partial charge in [0.2, 0.25) is 17.7 Å². The second kappa shape index (κ2) is 9.34. The normalized spacial score (nSPS) is 25.9. The quantitative estimate of drug-likeness (QED) is 0.554. The fourth-order valence-electron chi connectivity index (χ4n) is 4.45. The van der Waals surface area contributed by atoms with Crippen molar-refractivity contribution in [2.75, 3.05) is 11.4 Å². The summed E-state index contributed by atoms with van der Waals surface area (Å²) in [4.78, 5) is 66.4. The minimum Gasteiger partial charge on any atom is -0.481 e. The molecule has 1 aromatic rings. The first kappa shape index (κ1) is 24.1. The molecule has 3 atom stereocenters. The standard InChI is InChI=1S/C21H19ClFN3O7S/c22-11-5-12(23)14(26-18(31)9-3-1-2-4-10(9)19(26)32)6-13(11)24-21-25(8-17(29)30)20(33)15(34-21)7-16(27)28/h5-6,9-10,15H,1-4,7-8H2,(H,27,28)(H,29,30). The predicted molar refractivity (Wildman–Crippen MR) is 119 cm³/mol. The Hall–Kier alpha value is -2.99. The van der Waals surface area contributed by atoms with Crippen molar-refractivity contribution in [1.29, 1.82) is 0 Å². The summed E-state index contributed by atoms with van der Waals surface area (Å²) in [6.45, 7) is -0.765. The average molecular weight is 512 g/mol. The summed E-state index contributed by atoms with van der Waals surface area (Å²) < 4.78 is 14.8. The number of nitrogens with zero attached hydrogens (tertiary/aromatic N) is 3. The molecule has 3 aliphatic rings. The second-order valence-electron chi connectivity index (χ2n) is 8.18. The van der Waals surface area contributed by atoms with Gasteiger partial charge in [0.1, 0.15) is 17.6 Å². The average Bonchev–Trinajstić information content (AvgIpc) is 3.18. The van der Waals surface area contributed by atoms with Gasteiger partial charge in [0.05, 0.1) is 34.7 Å². The van der Waals surface area contributed by atoms with E-state index >= 15 is 0 Å². The number of anilines is 1. The summed E-state index contributed by atoms with van der Waals surface area (Å²) in [5.41, 5.74) is -0.426. The van der Waals surface area contributed by atoms with Gasteiger partial charge in [-0.05, 0) is 25.0 Å². The molecule has 3 unspecified atom stereocenters. The van der Waals surface area contributed by atoms with E-state index in [1.165, 1.54) is 0 Å². The van der Waals surface area contributed by atoms with Crippen molar-refractivity contribution < 1.29 is 38.6 Å². The maximum atomic E-state index is 14.8. The molecule has 0 aromatic heterocycles. The number of amidine groups is 1. The molecule has 0 bridgehead atoms. The van der Waals surface area contributed by atoms with E-state index in [0.717, 1.165) is 46.5 Å². The van der Waals surface area contributed by atoms with Gasteiger partial charge in [0.25, 0.3) is 0 Å². The van der Waals surface area contributed by atoms with Gasteiger partial charge in [0.15, 0.2) is 5.17 Å². The molecule has 2 N–H and O–H groups in total. The van der Waals surface area contributed by atoms with Crippen LogP contribution in [0.15, 0.2) is 17.1 Å². The van der Waals surface area contributed by atoms with Crippen LogP contribution in [0.5, 0.6) is 0 Å². The molecule has 2 heterocycles. The Labute approximate surface area is 201 Å². The van der Waals surface area contributed by atoms with Crippen molar-refractivity contribution >= 4 is 69.6 Å². The minimum absolute atomic E-state index is 0.102. The first-order valence-electron chi connectivity index (χ1n) is 10.5. The first-order chi connectivity index (χ1) is 16.1. The van der Waals surface area contributed by atoms with Gasteiger partial charge < -0.3 is 10.2 Å². The summed E-state index contributed by atoms with van der Waals surface area (Å²) in [5, 5.41) is 16.8. The van der Waals surface area contributed by atoms with Crippen molar-refractivity contribution in [3.63, 3.8) is 0 Å². The van der Waals surface area contributed by atoms with Crippen LogP contribution in [0.2, 0.25) is 5.02 Å². The largest absolute Gasteiger partial charge is 0.481 e. The zero-order valence-corrected chi connectivity index (χ0v) is 19.1. The number of aliphatic carboxylic acids is 2. The number of rotatable bonds is 6. The smallest absolute Gasteiger partial charge is 0.323 e. The molecule has 0 spiro atoms. The van der Waals surface area contributed by atoms with Gasteiger partial charge in [-0.25, -0.2) is 14.3 Å². The molecular weight excluding hydrogens is 493 g/mol. The fraction of sp³-hybridized carbons (Fsp3) is 0.429. The van der Waals surface area contributed by atoms with Gasteiger partial charge in [-0.2, -0.15) is 0 Å². The number of aliphatic imine (C=N–C) groups is 1. The Morgan fingerprint density at radius 1 is 1.06 bits per heavy atom. The maximum absolute atomic E-state index is 14.8. The van der Waals surface area contributed by atoms with E-state index < -0.39 is 65.5 Å². The van der Waals surface area contributed by atoms with Crippen LogP contribution in [0.3, 0.4) is 0 Å². The van der Waals surface area contributed by atoms with Gasteiger partial charge in [0, 0.05) is 0 Å². The Bertz CT molecular complexity index is 1120. The van der Waals surface area contributed by atoms with Crippen molar-refractivity contribution in [2.45, 2.75) is 37.4 Å². The number of carboxylic acid groups (broad SMARTS) is 2. The Morgan fingerprint density at radius 2 is 1.68 bits per heavy atom. The molecule has 10 nitrogen and oxygen atoms in total. The molecule has 2 saturated heterocycles. The number of imide groups is 1. The molecule has 2 aliphatic heterocycles. The molecule has 34 heavy (non-hydrogen) atoms. The number of fused-ring (bicyclic) bond motifs is 1. The van der Waals surface area contributed by atoms with E-state index in [9.17, 15) is 28.4 Å². The highest BCUT2D eigenvalue weighted by Gasteiger charge is 2.49. The Morgan fingerprint density at radius 3 is 2.24 bits per heavy atom. The van der Waals surface area contributed by atoms with Crippen LogP contribution < -0.4 is 4.90 Å². The van der Waals surface area contributed by atoms with Crippen molar-refractivity contribution in [3.8, 4) is 0 Å². The van der Waals surface area contributed by atoms with Gasteiger partial charge in [-0.1, -0.05) is 36.2 Å². The topological polar surface area (TPSA) is 145 Å². The van der Waals surface area contributed by atoms with Crippen LogP contribution in [-0.4, -0.2) is 61.7 Å². The lowest BCUT2D eigenvalue weighted by Gasteiger charge is -2.19. The summed E-state index contributed by atoms with van der Waals surface area (Å²) in [7, 11) is 0. The lowest BCUT2D eigenvalue weighted by Crippen LogP contribution is -2.36. The third-order valence-corrected chi connectivity index (χ3v) is 7.47. The molecule has 13 heteroatoms. The van der Waals surface area contributed by atoms with E-state index in [0.29, 0.717) is 12.8 Å². The monoisotopic (exact) mass is 511 g/mol. The highest BCUT2D eigenvalue weighted by molar-refractivity contribution is 8.15. The second-order valence-corrected chi connectivity index (χ2v) is 9.76. The van der Waals surface area contributed by atoms with Gasteiger partial charge in [-0.3, -0.25) is 28.9 Å². The summed E-state index contributed by atoms with van der Waals surface area (Å²) in [5.74, 6) is -6.25. The summed E-state index contributed by atoms with van der Waals surface area (Å²) in [6.07, 6.45) is 2.14. The highest BCUT2D eigenvalue weighted by atomic mass is 35.5. The van der Waals surface area contributed by atoms with E-state index in [1.807, 2.05) is 0 Å². The number of hydrogen-bond acceptors (Lipinski definition) is 7. The van der Waals surface area contributed by atoms with Crippen molar-refractivity contribution in [3.05, 3.63) is 23.0 Å². The molecule has 1 aromatic carbocycles. The number of thioether (sulfide) groups is 1. The summed E-state index contributed by atoms with van der Waals surface area (Å²) in [6, 6.07) is 1.99.